The number of nitrogens with zero attached hydrogens (tertiary/aromatic N) is 4. The van der Waals surface area contributed by atoms with Gasteiger partial charge in [0.1, 0.15) is 22.8 Å². The fourth-order valence-electron chi connectivity index (χ4n) is 5.34. The maximum absolute atomic E-state index is 12.8. The van der Waals surface area contributed by atoms with E-state index in [2.05, 4.69) is 20.0 Å². The Hall–Kier alpha value is -6.29. The highest BCUT2D eigenvalue weighted by atomic mass is 16.5. The lowest BCUT2D eigenvalue weighted by molar-refractivity contribution is 0.0599. The predicted molar refractivity (Wildman–Crippen MR) is 184 cm³/mol. The summed E-state index contributed by atoms with van der Waals surface area (Å²) in [5.41, 5.74) is 25.8. The molecule has 5 aromatic rings. The molecule has 1 amide bonds. The largest absolute Gasteiger partial charge is 0.477 e. The molecule has 0 saturated heterocycles. The molecule has 3 heterocycles. The Morgan fingerprint density at radius 2 is 1.69 bits per heavy atom. The van der Waals surface area contributed by atoms with Crippen molar-refractivity contribution in [1.82, 2.24) is 19.7 Å². The van der Waals surface area contributed by atoms with Gasteiger partial charge in [0.05, 0.1) is 12.7 Å². The SMILES string of the molecule is C.COC(=O)c1ccc([C@H](C)N)cc1.Nc1c(N2CCc3ccc(CNC(=O)c4cc(C(=O)O)n5c(N)nc(N)c5n4)cc3C2)c(=O)c1=O. The maximum Gasteiger partial charge on any atom is 0.353 e. The smallest absolute Gasteiger partial charge is 0.353 e. The van der Waals surface area contributed by atoms with Crippen LogP contribution in [-0.2, 0) is 24.2 Å². The van der Waals surface area contributed by atoms with Crippen molar-refractivity contribution in [3.05, 3.63) is 108 Å². The monoisotopic (exact) mass is 671 g/mol. The van der Waals surface area contributed by atoms with Crippen LogP contribution in [0.2, 0.25) is 0 Å². The summed E-state index contributed by atoms with van der Waals surface area (Å²) in [6, 6.07) is 13.9. The van der Waals surface area contributed by atoms with Crippen molar-refractivity contribution >= 4 is 46.6 Å². The summed E-state index contributed by atoms with van der Waals surface area (Å²) < 4.78 is 5.63. The van der Waals surface area contributed by atoms with Gasteiger partial charge in [-0.1, -0.05) is 37.8 Å². The lowest BCUT2D eigenvalue weighted by atomic mass is 9.96. The molecule has 1 atom stereocenters. The van der Waals surface area contributed by atoms with Crippen LogP contribution in [0, 0.1) is 0 Å². The number of nitrogens with one attached hydrogen (secondary N) is 1. The molecule has 49 heavy (non-hydrogen) atoms. The van der Waals surface area contributed by atoms with Gasteiger partial charge in [-0.25, -0.2) is 14.6 Å². The number of nitrogens with two attached hydrogens (primary N) is 4. The van der Waals surface area contributed by atoms with Gasteiger partial charge in [0.25, 0.3) is 16.8 Å². The van der Waals surface area contributed by atoms with Crippen LogP contribution in [-0.4, -0.2) is 51.0 Å². The fraction of sp³-hybridized carbons (Fsp3) is 0.242. The number of anilines is 4. The molecule has 0 bridgehead atoms. The van der Waals surface area contributed by atoms with Gasteiger partial charge in [-0.05, 0) is 47.7 Å². The normalized spacial score (nSPS) is 12.7. The first kappa shape index (κ1) is 35.6. The lowest BCUT2D eigenvalue weighted by Gasteiger charge is -2.32. The van der Waals surface area contributed by atoms with Crippen molar-refractivity contribution in [1.29, 1.82) is 0 Å². The highest BCUT2D eigenvalue weighted by molar-refractivity contribution is 5.97. The zero-order chi connectivity index (χ0) is 34.9. The predicted octanol–water partition coefficient (Wildman–Crippen LogP) is 1.39. The molecule has 0 spiro atoms. The summed E-state index contributed by atoms with van der Waals surface area (Å²) >= 11 is 0. The third-order valence-corrected chi connectivity index (χ3v) is 7.93. The first-order chi connectivity index (χ1) is 22.8. The number of ether oxygens (including phenoxy) is 1. The summed E-state index contributed by atoms with van der Waals surface area (Å²) in [6.07, 6.45) is 0.679. The van der Waals surface area contributed by atoms with Crippen molar-refractivity contribution in [2.45, 2.75) is 39.9 Å². The van der Waals surface area contributed by atoms with Crippen LogP contribution in [0.3, 0.4) is 0 Å². The Balaban J connectivity index is 0.000000327. The van der Waals surface area contributed by atoms with Gasteiger partial charge in [0.2, 0.25) is 5.95 Å². The number of carbonyl (C=O) groups excluding carboxylic acids is 2. The van der Waals surface area contributed by atoms with E-state index in [9.17, 15) is 29.1 Å². The molecule has 2 aromatic heterocycles. The molecule has 3 aromatic carbocycles. The van der Waals surface area contributed by atoms with Gasteiger partial charge in [-0.15, -0.1) is 0 Å². The first-order valence-corrected chi connectivity index (χ1v) is 14.6. The second-order valence-corrected chi connectivity index (χ2v) is 11.1. The van der Waals surface area contributed by atoms with Crippen LogP contribution in [0.15, 0.2) is 58.1 Å². The Kier molecular flexibility index (Phi) is 10.3. The van der Waals surface area contributed by atoms with Crippen molar-refractivity contribution in [2.24, 2.45) is 5.73 Å². The molecule has 1 aliphatic rings. The van der Waals surface area contributed by atoms with Gasteiger partial charge in [0.15, 0.2) is 11.5 Å². The number of fused-ring (bicyclic) bond motifs is 2. The quantitative estimate of drug-likeness (QED) is 0.105. The molecule has 16 nitrogen and oxygen atoms in total. The number of aromatic carboxylic acids is 1. The third kappa shape index (κ3) is 7.03. The van der Waals surface area contributed by atoms with E-state index in [4.69, 9.17) is 22.9 Å². The average Bonchev–Trinajstić information content (AvgIpc) is 3.38. The summed E-state index contributed by atoms with van der Waals surface area (Å²) in [6.45, 7) is 3.02. The number of esters is 1. The number of hydrogen-bond donors (Lipinski definition) is 6. The minimum absolute atomic E-state index is 0. The molecule has 0 radical (unpaired) electrons. The number of carboxylic acid groups (broad SMARTS) is 1. The number of rotatable bonds is 7. The number of hydrogen-bond acceptors (Lipinski definition) is 13. The number of imidazole rings is 1. The Bertz CT molecular complexity index is 2130. The first-order valence-electron chi connectivity index (χ1n) is 14.6. The van der Waals surface area contributed by atoms with E-state index in [0.29, 0.717) is 25.1 Å². The second kappa shape index (κ2) is 14.2. The maximum atomic E-state index is 12.8. The minimum atomic E-state index is -1.32. The molecule has 16 heteroatoms. The Morgan fingerprint density at radius 1 is 1.00 bits per heavy atom. The van der Waals surface area contributed by atoms with Gasteiger partial charge in [-0.3, -0.25) is 18.8 Å². The molecule has 256 valence electrons. The van der Waals surface area contributed by atoms with Crippen LogP contribution in [0.1, 0.15) is 74.0 Å². The summed E-state index contributed by atoms with van der Waals surface area (Å²) in [5, 5.41) is 12.2. The number of benzene rings is 2. The number of aromatic nitrogens is 3. The zero-order valence-electron chi connectivity index (χ0n) is 26.0. The zero-order valence-corrected chi connectivity index (χ0v) is 26.0. The van der Waals surface area contributed by atoms with E-state index >= 15 is 0 Å². The van der Waals surface area contributed by atoms with Gasteiger partial charge >= 0.3 is 11.9 Å². The molecule has 10 N–H and O–H groups in total. The van der Waals surface area contributed by atoms with Crippen molar-refractivity contribution in [3.8, 4) is 0 Å². The van der Waals surface area contributed by atoms with E-state index in [1.807, 2.05) is 37.3 Å². The molecular weight excluding hydrogens is 634 g/mol. The molecular formula is C33H37N9O7. The van der Waals surface area contributed by atoms with E-state index in [-0.39, 0.29) is 66.2 Å². The summed E-state index contributed by atoms with van der Waals surface area (Å²) in [5.74, 6) is -2.50. The fourth-order valence-corrected chi connectivity index (χ4v) is 5.34. The summed E-state index contributed by atoms with van der Waals surface area (Å²) in [4.78, 5) is 68.6. The average molecular weight is 672 g/mol. The number of carboxylic acids is 1. The number of methoxy groups -OCH3 is 1. The standard InChI is InChI=1S/C22H20N8O5.C10H13NO2.CH4/c23-14-15(17(32)16(14)31)29-4-3-10-2-1-9(5-11(10)8-29)7-26-20(33)12-6-13(21(34)35)30-19(27-12)18(24)28-22(30)25;1-7(11)8-3-5-9(6-4-8)10(12)13-2;/h1-2,5-6H,3-4,7-8,23-24H2,(H2,25,28)(H,26,33)(H,34,35);3-7H,11H2,1-2H3;1H4/t;7-;/m.0./s1. The van der Waals surface area contributed by atoms with Gasteiger partial charge in [-0.2, -0.15) is 4.98 Å². The molecule has 0 unspecified atom stereocenters. The molecule has 0 aliphatic carbocycles. The molecule has 1 aliphatic heterocycles. The summed E-state index contributed by atoms with van der Waals surface area (Å²) in [7, 11) is 1.36. The number of nitrogen functional groups attached to an aromatic ring is 3. The van der Waals surface area contributed by atoms with Crippen LogP contribution in [0.25, 0.3) is 5.65 Å². The van der Waals surface area contributed by atoms with Gasteiger partial charge < -0.3 is 43.0 Å². The van der Waals surface area contributed by atoms with E-state index < -0.39 is 22.7 Å². The minimum Gasteiger partial charge on any atom is -0.477 e. The lowest BCUT2D eigenvalue weighted by Crippen LogP contribution is -2.44. The molecule has 0 saturated carbocycles. The van der Waals surface area contributed by atoms with Crippen molar-refractivity contribution < 1.29 is 24.2 Å². The highest BCUT2D eigenvalue weighted by Gasteiger charge is 2.27. The third-order valence-electron chi connectivity index (χ3n) is 7.93. The van der Waals surface area contributed by atoms with Crippen LogP contribution < -0.4 is 44.0 Å². The molecule has 6 rings (SSSR count). The number of carbonyl (C=O) groups is 3. The van der Waals surface area contributed by atoms with Crippen molar-refractivity contribution in [3.63, 3.8) is 0 Å². The van der Waals surface area contributed by atoms with Crippen LogP contribution in [0.5, 0.6) is 0 Å². The van der Waals surface area contributed by atoms with Crippen LogP contribution in [0.4, 0.5) is 23.1 Å². The van der Waals surface area contributed by atoms with Gasteiger partial charge in [0, 0.05) is 31.7 Å². The second-order valence-electron chi connectivity index (χ2n) is 11.1. The van der Waals surface area contributed by atoms with E-state index in [1.54, 1.807) is 17.0 Å². The van der Waals surface area contributed by atoms with E-state index in [1.165, 1.54) is 7.11 Å². The number of amides is 1. The topological polar surface area (TPSA) is 264 Å². The van der Waals surface area contributed by atoms with E-state index in [0.717, 1.165) is 32.7 Å². The Labute approximate surface area is 280 Å². The highest BCUT2D eigenvalue weighted by Crippen LogP contribution is 2.26. The van der Waals surface area contributed by atoms with Crippen molar-refractivity contribution in [2.75, 3.05) is 35.8 Å². The molecule has 0 fully saturated rings. The van der Waals surface area contributed by atoms with Crippen LogP contribution >= 0.6 is 0 Å². The Morgan fingerprint density at radius 3 is 2.31 bits per heavy atom.